The number of anilines is 1. The zero-order valence-corrected chi connectivity index (χ0v) is 15.2. The Kier molecular flexibility index (Phi) is 5.78. The van der Waals surface area contributed by atoms with Gasteiger partial charge in [-0.15, -0.1) is 0 Å². The van der Waals surface area contributed by atoms with Crippen molar-refractivity contribution in [2.24, 2.45) is 0 Å². The molecule has 1 aromatic heterocycles. The van der Waals surface area contributed by atoms with E-state index in [4.69, 9.17) is 4.42 Å². The molecule has 1 N–H and O–H groups in total. The first-order valence-electron chi connectivity index (χ1n) is 8.77. The summed E-state index contributed by atoms with van der Waals surface area (Å²) in [5.41, 5.74) is 0.983. The smallest absolute Gasteiger partial charge is 0.317 e. The number of likely N-dealkylation sites (N-methyl/N-ethyl adjacent to an activating group) is 1. The zero-order chi connectivity index (χ0) is 18.5. The lowest BCUT2D eigenvalue weighted by atomic mass is 10.2. The van der Waals surface area contributed by atoms with E-state index in [1.165, 1.54) is 12.1 Å². The Morgan fingerprint density at radius 2 is 1.88 bits per heavy atom. The van der Waals surface area contributed by atoms with E-state index in [-0.39, 0.29) is 17.9 Å². The van der Waals surface area contributed by atoms with Crippen LogP contribution in [0.5, 0.6) is 0 Å². The molecule has 0 aliphatic carbocycles. The van der Waals surface area contributed by atoms with Crippen molar-refractivity contribution >= 4 is 11.7 Å². The van der Waals surface area contributed by atoms with Gasteiger partial charge in [0, 0.05) is 38.4 Å². The minimum absolute atomic E-state index is 0.00513. The van der Waals surface area contributed by atoms with E-state index in [9.17, 15) is 9.18 Å². The third-order valence-electron chi connectivity index (χ3n) is 4.70. The Hall–Kier alpha value is -2.54. The summed E-state index contributed by atoms with van der Waals surface area (Å²) < 4.78 is 18.5. The van der Waals surface area contributed by atoms with E-state index < -0.39 is 0 Å². The molecule has 26 heavy (non-hydrogen) atoms. The molecule has 2 amide bonds. The molecule has 1 aliphatic heterocycles. The predicted octanol–water partition coefficient (Wildman–Crippen LogP) is 2.55. The quantitative estimate of drug-likeness (QED) is 0.890. The van der Waals surface area contributed by atoms with Gasteiger partial charge in [0.05, 0.1) is 12.3 Å². The third kappa shape index (κ3) is 4.35. The molecule has 1 fully saturated rings. The van der Waals surface area contributed by atoms with Crippen LogP contribution in [0.25, 0.3) is 0 Å². The summed E-state index contributed by atoms with van der Waals surface area (Å²) in [6.45, 7) is 3.22. The molecule has 1 aromatic carbocycles. The van der Waals surface area contributed by atoms with E-state index in [0.717, 1.165) is 24.5 Å². The minimum atomic E-state index is -0.237. The maximum atomic E-state index is 13.0. The SMILES string of the molecule is CN(C)C(CNC(=O)N1CCN(c2ccc(F)cc2)CC1)c1ccco1. The molecule has 1 unspecified atom stereocenters. The summed E-state index contributed by atoms with van der Waals surface area (Å²) in [6.07, 6.45) is 1.64. The standard InChI is InChI=1S/C19H25FN4O2/c1-22(2)17(18-4-3-13-26-18)14-21-19(25)24-11-9-23(10-12-24)16-7-5-15(20)6-8-16/h3-8,13,17H,9-12,14H2,1-2H3,(H,21,25). The van der Waals surface area contributed by atoms with Crippen LogP contribution < -0.4 is 10.2 Å². The van der Waals surface area contributed by atoms with Gasteiger partial charge in [-0.25, -0.2) is 9.18 Å². The normalized spacial score (nSPS) is 16.0. The van der Waals surface area contributed by atoms with Crippen LogP contribution in [-0.4, -0.2) is 62.7 Å². The van der Waals surface area contributed by atoms with Gasteiger partial charge in [0.25, 0.3) is 0 Å². The summed E-state index contributed by atoms with van der Waals surface area (Å²) in [4.78, 5) is 18.5. The van der Waals surface area contributed by atoms with Gasteiger partial charge in [-0.05, 0) is 50.5 Å². The molecule has 2 heterocycles. The molecule has 7 heteroatoms. The second-order valence-electron chi connectivity index (χ2n) is 6.63. The number of piperazine rings is 1. The lowest BCUT2D eigenvalue weighted by molar-refractivity contribution is 0.186. The lowest BCUT2D eigenvalue weighted by Gasteiger charge is -2.36. The van der Waals surface area contributed by atoms with Gasteiger partial charge >= 0.3 is 6.03 Å². The van der Waals surface area contributed by atoms with Crippen molar-refractivity contribution in [3.8, 4) is 0 Å². The fourth-order valence-electron chi connectivity index (χ4n) is 3.13. The number of hydrogen-bond acceptors (Lipinski definition) is 4. The van der Waals surface area contributed by atoms with Gasteiger partial charge in [0.2, 0.25) is 0 Å². The van der Waals surface area contributed by atoms with Crippen LogP contribution in [0.4, 0.5) is 14.9 Å². The number of carbonyl (C=O) groups is 1. The topological polar surface area (TPSA) is 52.0 Å². The molecule has 3 rings (SSSR count). The highest BCUT2D eigenvalue weighted by Crippen LogP contribution is 2.19. The molecule has 0 saturated carbocycles. The summed E-state index contributed by atoms with van der Waals surface area (Å²) in [5, 5.41) is 3.00. The highest BCUT2D eigenvalue weighted by molar-refractivity contribution is 5.74. The van der Waals surface area contributed by atoms with Crippen LogP contribution in [0.15, 0.2) is 47.1 Å². The number of amides is 2. The highest BCUT2D eigenvalue weighted by atomic mass is 19.1. The highest BCUT2D eigenvalue weighted by Gasteiger charge is 2.23. The fourth-order valence-corrected chi connectivity index (χ4v) is 3.13. The van der Waals surface area contributed by atoms with Crippen molar-refractivity contribution in [2.45, 2.75) is 6.04 Å². The number of hydrogen-bond donors (Lipinski definition) is 1. The monoisotopic (exact) mass is 360 g/mol. The molecule has 6 nitrogen and oxygen atoms in total. The number of carbonyl (C=O) groups excluding carboxylic acids is 1. The zero-order valence-electron chi connectivity index (χ0n) is 15.2. The maximum absolute atomic E-state index is 13.0. The lowest BCUT2D eigenvalue weighted by Crippen LogP contribution is -2.52. The van der Waals surface area contributed by atoms with E-state index in [2.05, 4.69) is 10.2 Å². The van der Waals surface area contributed by atoms with E-state index in [1.807, 2.05) is 36.0 Å². The number of halogens is 1. The Bertz CT molecular complexity index is 695. The minimum Gasteiger partial charge on any atom is -0.468 e. The van der Waals surface area contributed by atoms with E-state index in [1.54, 1.807) is 18.4 Å². The molecule has 0 radical (unpaired) electrons. The number of rotatable bonds is 5. The number of furan rings is 1. The average Bonchev–Trinajstić information content (AvgIpc) is 3.16. The van der Waals surface area contributed by atoms with Crippen LogP contribution in [0.1, 0.15) is 11.8 Å². The predicted molar refractivity (Wildman–Crippen MR) is 98.7 cm³/mol. The van der Waals surface area contributed by atoms with Crippen LogP contribution in [-0.2, 0) is 0 Å². The van der Waals surface area contributed by atoms with Crippen molar-refractivity contribution in [1.82, 2.24) is 15.1 Å². The van der Waals surface area contributed by atoms with Gasteiger partial charge in [-0.1, -0.05) is 0 Å². The summed E-state index contributed by atoms with van der Waals surface area (Å²) in [6, 6.07) is 10.2. The second-order valence-corrected chi connectivity index (χ2v) is 6.63. The number of urea groups is 1. The number of nitrogens with zero attached hydrogens (tertiary/aromatic N) is 3. The third-order valence-corrected chi connectivity index (χ3v) is 4.70. The van der Waals surface area contributed by atoms with Gasteiger partial charge < -0.3 is 19.5 Å². The Balaban J connectivity index is 1.49. The number of benzene rings is 1. The van der Waals surface area contributed by atoms with Crippen molar-refractivity contribution < 1.29 is 13.6 Å². The van der Waals surface area contributed by atoms with Crippen LogP contribution >= 0.6 is 0 Å². The molecule has 0 spiro atoms. The van der Waals surface area contributed by atoms with Crippen LogP contribution in [0.2, 0.25) is 0 Å². The van der Waals surface area contributed by atoms with Crippen LogP contribution in [0.3, 0.4) is 0 Å². The Labute approximate surface area is 153 Å². The number of nitrogens with one attached hydrogen (secondary N) is 1. The van der Waals surface area contributed by atoms with Gasteiger partial charge in [0.1, 0.15) is 11.6 Å². The summed E-state index contributed by atoms with van der Waals surface area (Å²) >= 11 is 0. The molecular formula is C19H25FN4O2. The summed E-state index contributed by atoms with van der Waals surface area (Å²) in [5.74, 6) is 0.593. The summed E-state index contributed by atoms with van der Waals surface area (Å²) in [7, 11) is 3.92. The van der Waals surface area contributed by atoms with E-state index in [0.29, 0.717) is 19.6 Å². The first-order chi connectivity index (χ1) is 12.5. The maximum Gasteiger partial charge on any atom is 0.317 e. The van der Waals surface area contributed by atoms with E-state index >= 15 is 0 Å². The van der Waals surface area contributed by atoms with Crippen molar-refractivity contribution in [3.63, 3.8) is 0 Å². The fraction of sp³-hybridized carbons (Fsp3) is 0.421. The molecular weight excluding hydrogens is 335 g/mol. The molecule has 140 valence electrons. The first-order valence-corrected chi connectivity index (χ1v) is 8.77. The Morgan fingerprint density at radius 1 is 1.19 bits per heavy atom. The van der Waals surface area contributed by atoms with Gasteiger partial charge in [-0.3, -0.25) is 4.90 Å². The largest absolute Gasteiger partial charge is 0.468 e. The Morgan fingerprint density at radius 3 is 2.46 bits per heavy atom. The van der Waals surface area contributed by atoms with Crippen molar-refractivity contribution in [3.05, 3.63) is 54.2 Å². The van der Waals surface area contributed by atoms with Gasteiger partial charge in [0.15, 0.2) is 0 Å². The first kappa shape index (κ1) is 18.3. The second kappa shape index (κ2) is 8.23. The molecule has 1 atom stereocenters. The molecule has 0 bridgehead atoms. The average molecular weight is 360 g/mol. The van der Waals surface area contributed by atoms with Crippen molar-refractivity contribution in [2.75, 3.05) is 51.7 Å². The molecule has 1 saturated heterocycles. The molecule has 2 aromatic rings. The van der Waals surface area contributed by atoms with Crippen molar-refractivity contribution in [1.29, 1.82) is 0 Å². The van der Waals surface area contributed by atoms with Gasteiger partial charge in [-0.2, -0.15) is 0 Å². The molecule has 1 aliphatic rings. The van der Waals surface area contributed by atoms with Crippen LogP contribution in [0, 0.1) is 5.82 Å².